The van der Waals surface area contributed by atoms with Gasteiger partial charge in [-0.15, -0.1) is 0 Å². The van der Waals surface area contributed by atoms with Gasteiger partial charge in [0.25, 0.3) is 0 Å². The van der Waals surface area contributed by atoms with Crippen molar-refractivity contribution in [2.45, 2.75) is 91.4 Å². The summed E-state index contributed by atoms with van der Waals surface area (Å²) in [6, 6.07) is 0. The number of hydrogen-bond donors (Lipinski definition) is 0. The summed E-state index contributed by atoms with van der Waals surface area (Å²) in [5.41, 5.74) is 0. The molecule has 5 nitrogen and oxygen atoms in total. The standard InChI is InChI=1S/C21H40O5/c1-4-7-8-9-10-11-12-13-14-15-25-20(22)17-24-18-21(23)26-16-19(5-2)6-3/h19H,4-18H2,1-3H3. The lowest BCUT2D eigenvalue weighted by atomic mass is 10.1. The first-order valence-electron chi connectivity index (χ1n) is 10.5. The Balaban J connectivity index is 3.40. The molecule has 0 radical (unpaired) electrons. The van der Waals surface area contributed by atoms with Crippen LogP contribution in [0.5, 0.6) is 0 Å². The molecular formula is C21H40O5. The van der Waals surface area contributed by atoms with Crippen LogP contribution < -0.4 is 0 Å². The van der Waals surface area contributed by atoms with Crippen LogP contribution in [0.15, 0.2) is 0 Å². The first-order valence-corrected chi connectivity index (χ1v) is 10.5. The quantitative estimate of drug-likeness (QED) is 0.249. The maximum absolute atomic E-state index is 11.5. The fourth-order valence-electron chi connectivity index (χ4n) is 2.63. The molecule has 26 heavy (non-hydrogen) atoms. The average molecular weight is 373 g/mol. The van der Waals surface area contributed by atoms with Crippen LogP contribution in [-0.2, 0) is 23.8 Å². The summed E-state index contributed by atoms with van der Waals surface area (Å²) in [7, 11) is 0. The second-order valence-corrected chi connectivity index (χ2v) is 6.91. The van der Waals surface area contributed by atoms with Crippen LogP contribution in [0.2, 0.25) is 0 Å². The van der Waals surface area contributed by atoms with Gasteiger partial charge in [-0.1, -0.05) is 85.0 Å². The molecule has 0 aliphatic carbocycles. The van der Waals surface area contributed by atoms with E-state index in [-0.39, 0.29) is 13.2 Å². The lowest BCUT2D eigenvalue weighted by Gasteiger charge is -2.12. The molecule has 0 saturated carbocycles. The van der Waals surface area contributed by atoms with Gasteiger partial charge >= 0.3 is 11.9 Å². The second kappa shape index (κ2) is 18.7. The molecule has 0 heterocycles. The molecule has 5 heteroatoms. The Morgan fingerprint density at radius 2 is 1.19 bits per heavy atom. The van der Waals surface area contributed by atoms with Crippen LogP contribution >= 0.6 is 0 Å². The zero-order valence-electron chi connectivity index (χ0n) is 17.2. The fraction of sp³-hybridized carbons (Fsp3) is 0.905. The normalized spacial score (nSPS) is 10.9. The Morgan fingerprint density at radius 1 is 0.692 bits per heavy atom. The van der Waals surface area contributed by atoms with Crippen LogP contribution in [0.3, 0.4) is 0 Å². The van der Waals surface area contributed by atoms with Crippen molar-refractivity contribution in [3.63, 3.8) is 0 Å². The molecule has 0 amide bonds. The van der Waals surface area contributed by atoms with E-state index in [1.807, 2.05) is 0 Å². The number of unbranched alkanes of at least 4 members (excludes halogenated alkanes) is 8. The number of ether oxygens (including phenoxy) is 3. The number of carbonyl (C=O) groups is 2. The molecule has 0 aromatic rings. The zero-order chi connectivity index (χ0) is 19.5. The summed E-state index contributed by atoms with van der Waals surface area (Å²) in [4.78, 5) is 23.0. The maximum atomic E-state index is 11.5. The summed E-state index contributed by atoms with van der Waals surface area (Å²) in [5, 5.41) is 0. The monoisotopic (exact) mass is 372 g/mol. The summed E-state index contributed by atoms with van der Waals surface area (Å²) < 4.78 is 15.3. The summed E-state index contributed by atoms with van der Waals surface area (Å²) in [6.45, 7) is 6.82. The van der Waals surface area contributed by atoms with Gasteiger partial charge in [0.05, 0.1) is 13.2 Å². The van der Waals surface area contributed by atoms with Crippen molar-refractivity contribution >= 4 is 11.9 Å². The van der Waals surface area contributed by atoms with E-state index in [0.29, 0.717) is 19.1 Å². The van der Waals surface area contributed by atoms with Gasteiger partial charge in [-0.05, 0) is 12.3 Å². The van der Waals surface area contributed by atoms with Gasteiger partial charge in [-0.3, -0.25) is 0 Å². The van der Waals surface area contributed by atoms with Gasteiger partial charge in [-0.25, -0.2) is 9.59 Å². The van der Waals surface area contributed by atoms with Gasteiger partial charge in [0.1, 0.15) is 13.2 Å². The van der Waals surface area contributed by atoms with Gasteiger partial charge in [0, 0.05) is 0 Å². The van der Waals surface area contributed by atoms with Crippen LogP contribution in [0.25, 0.3) is 0 Å². The lowest BCUT2D eigenvalue weighted by molar-refractivity contribution is -0.156. The third-order valence-corrected chi connectivity index (χ3v) is 4.59. The van der Waals surface area contributed by atoms with Gasteiger partial charge in [0.2, 0.25) is 0 Å². The Labute approximate surface area is 160 Å². The highest BCUT2D eigenvalue weighted by molar-refractivity contribution is 5.73. The molecule has 0 aromatic heterocycles. The number of rotatable bonds is 18. The van der Waals surface area contributed by atoms with Crippen molar-refractivity contribution in [1.29, 1.82) is 0 Å². The molecule has 0 aromatic carbocycles. The van der Waals surface area contributed by atoms with E-state index in [2.05, 4.69) is 20.8 Å². The predicted molar refractivity (Wildman–Crippen MR) is 104 cm³/mol. The Morgan fingerprint density at radius 3 is 1.73 bits per heavy atom. The zero-order valence-corrected chi connectivity index (χ0v) is 17.2. The van der Waals surface area contributed by atoms with Crippen molar-refractivity contribution in [3.05, 3.63) is 0 Å². The molecule has 0 unspecified atom stereocenters. The van der Waals surface area contributed by atoms with E-state index in [4.69, 9.17) is 14.2 Å². The van der Waals surface area contributed by atoms with Crippen LogP contribution in [0.1, 0.15) is 91.4 Å². The minimum Gasteiger partial charge on any atom is -0.464 e. The van der Waals surface area contributed by atoms with Gasteiger partial charge < -0.3 is 14.2 Å². The van der Waals surface area contributed by atoms with E-state index < -0.39 is 11.9 Å². The Bertz CT molecular complexity index is 339. The smallest absolute Gasteiger partial charge is 0.332 e. The van der Waals surface area contributed by atoms with E-state index in [1.165, 1.54) is 44.9 Å². The van der Waals surface area contributed by atoms with E-state index >= 15 is 0 Å². The lowest BCUT2D eigenvalue weighted by Crippen LogP contribution is -2.20. The molecule has 0 rings (SSSR count). The Hall–Kier alpha value is -1.10. The summed E-state index contributed by atoms with van der Waals surface area (Å²) in [6.07, 6.45) is 13.0. The van der Waals surface area contributed by atoms with E-state index in [1.54, 1.807) is 0 Å². The largest absolute Gasteiger partial charge is 0.464 e. The first-order chi connectivity index (χ1) is 12.6. The number of esters is 2. The molecule has 0 saturated heterocycles. The summed E-state index contributed by atoms with van der Waals surface area (Å²) >= 11 is 0. The van der Waals surface area contributed by atoms with Crippen molar-refractivity contribution in [2.24, 2.45) is 5.92 Å². The highest BCUT2D eigenvalue weighted by Crippen LogP contribution is 2.09. The van der Waals surface area contributed by atoms with Crippen LogP contribution in [0, 0.1) is 5.92 Å². The first kappa shape index (κ1) is 24.9. The molecule has 0 atom stereocenters. The molecule has 0 aliphatic heterocycles. The molecule has 0 fully saturated rings. The molecule has 0 N–H and O–H groups in total. The molecule has 0 bridgehead atoms. The minimum atomic E-state index is -0.427. The van der Waals surface area contributed by atoms with Crippen molar-refractivity contribution in [1.82, 2.24) is 0 Å². The molecule has 154 valence electrons. The molecule has 0 aliphatic rings. The van der Waals surface area contributed by atoms with E-state index in [9.17, 15) is 9.59 Å². The highest BCUT2D eigenvalue weighted by Gasteiger charge is 2.10. The number of hydrogen-bond acceptors (Lipinski definition) is 5. The minimum absolute atomic E-state index is 0.197. The SMILES string of the molecule is CCCCCCCCCCCOC(=O)COCC(=O)OCC(CC)CC. The third kappa shape index (κ3) is 16.4. The topological polar surface area (TPSA) is 61.8 Å². The van der Waals surface area contributed by atoms with Crippen LogP contribution in [0.4, 0.5) is 0 Å². The predicted octanol–water partition coefficient (Wildman–Crippen LogP) is 5.06. The van der Waals surface area contributed by atoms with Gasteiger partial charge in [-0.2, -0.15) is 0 Å². The van der Waals surface area contributed by atoms with E-state index in [0.717, 1.165) is 25.7 Å². The van der Waals surface area contributed by atoms with Crippen LogP contribution in [-0.4, -0.2) is 38.4 Å². The second-order valence-electron chi connectivity index (χ2n) is 6.91. The van der Waals surface area contributed by atoms with Crippen molar-refractivity contribution in [2.75, 3.05) is 26.4 Å². The maximum Gasteiger partial charge on any atom is 0.332 e. The van der Waals surface area contributed by atoms with Crippen molar-refractivity contribution in [3.8, 4) is 0 Å². The molecular weight excluding hydrogens is 332 g/mol. The molecule has 0 spiro atoms. The van der Waals surface area contributed by atoms with Gasteiger partial charge in [0.15, 0.2) is 0 Å². The van der Waals surface area contributed by atoms with Crippen molar-refractivity contribution < 1.29 is 23.8 Å². The average Bonchev–Trinajstić information content (AvgIpc) is 2.64. The highest BCUT2D eigenvalue weighted by atomic mass is 16.6. The fourth-order valence-corrected chi connectivity index (χ4v) is 2.63. The number of carbonyl (C=O) groups excluding carboxylic acids is 2. The Kier molecular flexibility index (Phi) is 17.9. The summed E-state index contributed by atoms with van der Waals surface area (Å²) in [5.74, 6) is -0.457. The third-order valence-electron chi connectivity index (χ3n) is 4.59.